The maximum absolute atomic E-state index is 13.0. The Labute approximate surface area is 118 Å². The Kier molecular flexibility index (Phi) is 4.63. The quantitative estimate of drug-likeness (QED) is 0.879. The molecule has 0 spiro atoms. The number of nitrogens with two attached hydrogens (primary N) is 1. The number of anilines is 1. The molecule has 2 heterocycles. The number of aromatic nitrogens is 2. The minimum Gasteiger partial charge on any atom is -0.383 e. The average molecular weight is 274 g/mol. The summed E-state index contributed by atoms with van der Waals surface area (Å²) in [5, 5.41) is 3.42. The van der Waals surface area contributed by atoms with Gasteiger partial charge in [0.05, 0.1) is 17.9 Å². The molecular weight excluding hydrogens is 255 g/mol. The number of nitrogens with one attached hydrogen (secondary N) is 1. The van der Waals surface area contributed by atoms with Crippen molar-refractivity contribution in [3.05, 3.63) is 53.7 Å². The highest BCUT2D eigenvalue weighted by Crippen LogP contribution is 2.20. The van der Waals surface area contributed by atoms with Gasteiger partial charge >= 0.3 is 0 Å². The van der Waals surface area contributed by atoms with Crippen LogP contribution in [0.15, 0.2) is 36.7 Å². The van der Waals surface area contributed by atoms with Crippen LogP contribution >= 0.6 is 0 Å². The number of pyridine rings is 2. The zero-order valence-electron chi connectivity index (χ0n) is 11.7. The first-order chi connectivity index (χ1) is 9.56. The van der Waals surface area contributed by atoms with Crippen molar-refractivity contribution in [3.8, 4) is 0 Å². The molecule has 3 N–H and O–H groups in total. The average Bonchev–Trinajstić information content (AvgIpc) is 2.41. The third kappa shape index (κ3) is 3.74. The molecule has 0 saturated carbocycles. The first-order valence-electron chi connectivity index (χ1n) is 6.63. The second-order valence-corrected chi connectivity index (χ2v) is 5.03. The summed E-state index contributed by atoms with van der Waals surface area (Å²) in [7, 11) is 0. The van der Waals surface area contributed by atoms with Gasteiger partial charge in [0.25, 0.3) is 0 Å². The molecule has 1 unspecified atom stereocenters. The lowest BCUT2D eigenvalue weighted by molar-refractivity contribution is 0.464. The van der Waals surface area contributed by atoms with Crippen LogP contribution in [0.2, 0.25) is 0 Å². The number of nitrogens with zero attached hydrogens (tertiary/aromatic N) is 2. The minimum atomic E-state index is -0.335. The van der Waals surface area contributed by atoms with Crippen molar-refractivity contribution >= 4 is 5.82 Å². The zero-order chi connectivity index (χ0) is 14.5. The van der Waals surface area contributed by atoms with E-state index in [4.69, 9.17) is 5.73 Å². The van der Waals surface area contributed by atoms with Crippen LogP contribution in [-0.2, 0) is 6.42 Å². The number of hydrogen-bond acceptors (Lipinski definition) is 4. The van der Waals surface area contributed by atoms with Crippen LogP contribution in [0.1, 0.15) is 31.1 Å². The summed E-state index contributed by atoms with van der Waals surface area (Å²) in [4.78, 5) is 8.25. The van der Waals surface area contributed by atoms with E-state index in [9.17, 15) is 4.39 Å². The summed E-state index contributed by atoms with van der Waals surface area (Å²) in [5.41, 5.74) is 7.63. The molecule has 20 heavy (non-hydrogen) atoms. The van der Waals surface area contributed by atoms with Gasteiger partial charge in [0.15, 0.2) is 0 Å². The maximum atomic E-state index is 13.0. The molecule has 2 rings (SSSR count). The van der Waals surface area contributed by atoms with Crippen LogP contribution in [0.4, 0.5) is 10.2 Å². The van der Waals surface area contributed by atoms with Gasteiger partial charge in [0, 0.05) is 12.2 Å². The number of nitrogen functional groups attached to an aromatic ring is 1. The van der Waals surface area contributed by atoms with Gasteiger partial charge in [-0.05, 0) is 30.2 Å². The normalized spacial score (nSPS) is 12.6. The Morgan fingerprint density at radius 2 is 2.05 bits per heavy atom. The summed E-state index contributed by atoms with van der Waals surface area (Å²) in [5.74, 6) is 0.183. The minimum absolute atomic E-state index is 0.0258. The van der Waals surface area contributed by atoms with E-state index in [1.165, 1.54) is 12.3 Å². The van der Waals surface area contributed by atoms with E-state index in [1.54, 1.807) is 12.3 Å². The fourth-order valence-electron chi connectivity index (χ4n) is 2.09. The Balaban J connectivity index is 2.24. The maximum Gasteiger partial charge on any atom is 0.141 e. The molecule has 0 aliphatic carbocycles. The summed E-state index contributed by atoms with van der Waals surface area (Å²) in [6, 6.07) is 7.18. The lowest BCUT2D eigenvalue weighted by atomic mass is 10.0. The van der Waals surface area contributed by atoms with E-state index in [0.29, 0.717) is 12.2 Å². The van der Waals surface area contributed by atoms with E-state index < -0.39 is 0 Å². The molecule has 1 atom stereocenters. The van der Waals surface area contributed by atoms with Gasteiger partial charge in [0.1, 0.15) is 11.6 Å². The summed E-state index contributed by atoms with van der Waals surface area (Å²) >= 11 is 0. The second-order valence-electron chi connectivity index (χ2n) is 5.03. The van der Waals surface area contributed by atoms with Crippen molar-refractivity contribution < 1.29 is 4.39 Å². The van der Waals surface area contributed by atoms with Crippen molar-refractivity contribution in [1.82, 2.24) is 15.3 Å². The predicted molar refractivity (Wildman–Crippen MR) is 77.6 cm³/mol. The van der Waals surface area contributed by atoms with Crippen LogP contribution in [0.3, 0.4) is 0 Å². The first kappa shape index (κ1) is 14.4. The van der Waals surface area contributed by atoms with Crippen molar-refractivity contribution in [1.29, 1.82) is 0 Å². The fraction of sp³-hybridized carbons (Fsp3) is 0.333. The van der Waals surface area contributed by atoms with E-state index >= 15 is 0 Å². The summed E-state index contributed by atoms with van der Waals surface area (Å²) in [6.07, 6.45) is 3.56. The molecule has 4 nitrogen and oxygen atoms in total. The molecule has 0 bridgehead atoms. The van der Waals surface area contributed by atoms with Gasteiger partial charge in [-0.2, -0.15) is 0 Å². The molecule has 0 fully saturated rings. The largest absolute Gasteiger partial charge is 0.383 e. The molecule has 0 saturated heterocycles. The highest BCUT2D eigenvalue weighted by atomic mass is 19.1. The SMILES string of the molecule is CC(C)NC(Cc1cccnc1N)c1ccc(F)cn1. The highest BCUT2D eigenvalue weighted by molar-refractivity contribution is 5.39. The zero-order valence-corrected chi connectivity index (χ0v) is 11.7. The van der Waals surface area contributed by atoms with Crippen LogP contribution in [0.25, 0.3) is 0 Å². The number of halogens is 1. The van der Waals surface area contributed by atoms with Gasteiger partial charge in [-0.3, -0.25) is 4.98 Å². The lowest BCUT2D eigenvalue weighted by Gasteiger charge is -2.21. The summed E-state index contributed by atoms with van der Waals surface area (Å²) in [6.45, 7) is 4.12. The second kappa shape index (κ2) is 6.43. The molecule has 5 heteroatoms. The van der Waals surface area contributed by atoms with Crippen LogP contribution in [0.5, 0.6) is 0 Å². The molecule has 0 amide bonds. The Morgan fingerprint density at radius 1 is 1.25 bits per heavy atom. The van der Waals surface area contributed by atoms with Gasteiger partial charge in [-0.15, -0.1) is 0 Å². The van der Waals surface area contributed by atoms with Crippen molar-refractivity contribution in [2.45, 2.75) is 32.4 Å². The molecule has 0 radical (unpaired) electrons. The molecule has 0 aliphatic heterocycles. The first-order valence-corrected chi connectivity index (χ1v) is 6.63. The van der Waals surface area contributed by atoms with E-state index in [2.05, 4.69) is 29.1 Å². The molecule has 0 aliphatic rings. The smallest absolute Gasteiger partial charge is 0.141 e. The van der Waals surface area contributed by atoms with E-state index in [-0.39, 0.29) is 17.9 Å². The monoisotopic (exact) mass is 274 g/mol. The van der Waals surface area contributed by atoms with E-state index in [1.807, 2.05) is 12.1 Å². The van der Waals surface area contributed by atoms with Crippen molar-refractivity contribution in [2.24, 2.45) is 0 Å². The van der Waals surface area contributed by atoms with Gasteiger partial charge in [0.2, 0.25) is 0 Å². The van der Waals surface area contributed by atoms with Crippen LogP contribution < -0.4 is 11.1 Å². The van der Waals surface area contributed by atoms with E-state index in [0.717, 1.165) is 11.3 Å². The standard InChI is InChI=1S/C15H19FN4/c1-10(2)20-14(13-6-5-12(16)9-19-13)8-11-4-3-7-18-15(11)17/h3-7,9-10,14,20H,8H2,1-2H3,(H2,17,18). The summed E-state index contributed by atoms with van der Waals surface area (Å²) < 4.78 is 13.0. The molecular formula is C15H19FN4. The Morgan fingerprint density at radius 3 is 2.65 bits per heavy atom. The van der Waals surface area contributed by atoms with Crippen molar-refractivity contribution in [3.63, 3.8) is 0 Å². The van der Waals surface area contributed by atoms with Gasteiger partial charge in [-0.1, -0.05) is 19.9 Å². The molecule has 106 valence electrons. The topological polar surface area (TPSA) is 63.8 Å². The lowest BCUT2D eigenvalue weighted by Crippen LogP contribution is -2.30. The molecule has 2 aromatic rings. The molecule has 2 aromatic heterocycles. The fourth-order valence-corrected chi connectivity index (χ4v) is 2.09. The number of rotatable bonds is 5. The van der Waals surface area contributed by atoms with Gasteiger partial charge in [-0.25, -0.2) is 9.37 Å². The number of hydrogen-bond donors (Lipinski definition) is 2. The third-order valence-corrected chi connectivity index (χ3v) is 2.99. The van der Waals surface area contributed by atoms with Crippen LogP contribution in [0, 0.1) is 5.82 Å². The Bertz CT molecular complexity index is 554. The highest BCUT2D eigenvalue weighted by Gasteiger charge is 2.16. The Hall–Kier alpha value is -2.01. The third-order valence-electron chi connectivity index (χ3n) is 2.99. The van der Waals surface area contributed by atoms with Crippen molar-refractivity contribution in [2.75, 3.05) is 5.73 Å². The van der Waals surface area contributed by atoms with Gasteiger partial charge < -0.3 is 11.1 Å². The molecule has 0 aromatic carbocycles. The predicted octanol–water partition coefficient (Wildman–Crippen LogP) is 2.48. The van der Waals surface area contributed by atoms with Crippen LogP contribution in [-0.4, -0.2) is 16.0 Å².